The van der Waals surface area contributed by atoms with Gasteiger partial charge in [0.05, 0.1) is 7.11 Å². The fourth-order valence-electron chi connectivity index (χ4n) is 2.95. The average molecular weight is 288 g/mol. The number of furan rings is 2. The molecule has 1 aliphatic carbocycles. The highest BCUT2D eigenvalue weighted by Gasteiger charge is 2.41. The Morgan fingerprint density at radius 1 is 1.19 bits per heavy atom. The molecule has 5 heteroatoms. The maximum atomic E-state index is 12.0. The van der Waals surface area contributed by atoms with E-state index >= 15 is 0 Å². The molecule has 0 aromatic carbocycles. The molecule has 21 heavy (non-hydrogen) atoms. The first-order valence-corrected chi connectivity index (χ1v) is 6.94. The summed E-state index contributed by atoms with van der Waals surface area (Å²) < 4.78 is 15.7. The van der Waals surface area contributed by atoms with Gasteiger partial charge in [0.25, 0.3) is 0 Å². The molecule has 0 spiro atoms. The SMILES string of the molecule is COC(=O)/C=C\C(=O)OC1(c2cc3ccc2o3)CCCC1. The van der Waals surface area contributed by atoms with Gasteiger partial charge in [-0.3, -0.25) is 0 Å². The summed E-state index contributed by atoms with van der Waals surface area (Å²) in [6, 6.07) is 5.71. The number of esters is 2. The monoisotopic (exact) mass is 288 g/mol. The van der Waals surface area contributed by atoms with Crippen LogP contribution in [0.2, 0.25) is 0 Å². The minimum Gasteiger partial charge on any atom is -0.466 e. The van der Waals surface area contributed by atoms with E-state index in [0.29, 0.717) is 0 Å². The van der Waals surface area contributed by atoms with Gasteiger partial charge >= 0.3 is 11.9 Å². The molecule has 2 aromatic rings. The van der Waals surface area contributed by atoms with Crippen LogP contribution in [0.1, 0.15) is 31.2 Å². The average Bonchev–Trinajstić information content (AvgIpc) is 3.21. The zero-order valence-electron chi connectivity index (χ0n) is 11.8. The molecule has 0 unspecified atom stereocenters. The van der Waals surface area contributed by atoms with Gasteiger partial charge in [0, 0.05) is 17.7 Å². The third kappa shape index (κ3) is 2.51. The van der Waals surface area contributed by atoms with Crippen LogP contribution in [0.3, 0.4) is 0 Å². The zero-order chi connectivity index (χ0) is 14.9. The molecule has 0 amide bonds. The largest absolute Gasteiger partial charge is 0.466 e. The minimum atomic E-state index is -0.639. The van der Waals surface area contributed by atoms with Gasteiger partial charge < -0.3 is 13.9 Å². The van der Waals surface area contributed by atoms with Gasteiger partial charge in [0.1, 0.15) is 16.8 Å². The Labute approximate surface area is 121 Å². The third-order valence-electron chi connectivity index (χ3n) is 3.93. The van der Waals surface area contributed by atoms with E-state index in [9.17, 15) is 9.59 Å². The lowest BCUT2D eigenvalue weighted by molar-refractivity contribution is -0.154. The summed E-state index contributed by atoms with van der Waals surface area (Å²) >= 11 is 0. The quantitative estimate of drug-likeness (QED) is 0.639. The number of methoxy groups -OCH3 is 1. The first kappa shape index (κ1) is 13.7. The molecule has 0 aliphatic heterocycles. The highest BCUT2D eigenvalue weighted by atomic mass is 16.6. The smallest absolute Gasteiger partial charge is 0.331 e. The molecular formula is C16H16O5. The van der Waals surface area contributed by atoms with Crippen LogP contribution in [0.4, 0.5) is 0 Å². The summed E-state index contributed by atoms with van der Waals surface area (Å²) in [5.41, 5.74) is 1.83. The first-order valence-electron chi connectivity index (χ1n) is 6.94. The van der Waals surface area contributed by atoms with Gasteiger partial charge in [-0.05, 0) is 43.9 Å². The number of ether oxygens (including phenoxy) is 2. The molecule has 0 atom stereocenters. The van der Waals surface area contributed by atoms with Crippen molar-refractivity contribution in [1.29, 1.82) is 0 Å². The van der Waals surface area contributed by atoms with E-state index in [0.717, 1.165) is 54.6 Å². The van der Waals surface area contributed by atoms with Crippen LogP contribution in [0.25, 0.3) is 11.2 Å². The van der Waals surface area contributed by atoms with Crippen molar-refractivity contribution in [3.8, 4) is 0 Å². The fraction of sp³-hybridized carbons (Fsp3) is 0.375. The summed E-state index contributed by atoms with van der Waals surface area (Å²) in [4.78, 5) is 23.0. The van der Waals surface area contributed by atoms with Gasteiger partial charge in [-0.25, -0.2) is 9.59 Å². The Morgan fingerprint density at radius 2 is 1.90 bits per heavy atom. The molecule has 110 valence electrons. The molecule has 0 saturated heterocycles. The molecule has 1 fully saturated rings. The van der Waals surface area contributed by atoms with Crippen LogP contribution in [-0.2, 0) is 24.7 Å². The predicted octanol–water partition coefficient (Wildman–Crippen LogP) is 2.91. The molecule has 0 radical (unpaired) electrons. The van der Waals surface area contributed by atoms with E-state index in [1.165, 1.54) is 7.11 Å². The summed E-state index contributed by atoms with van der Waals surface area (Å²) in [6.07, 6.45) is 5.71. The van der Waals surface area contributed by atoms with Crippen LogP contribution in [0.15, 0.2) is 34.8 Å². The second-order valence-corrected chi connectivity index (χ2v) is 5.24. The molecule has 2 heterocycles. The Balaban J connectivity index is 1.82. The Morgan fingerprint density at radius 3 is 2.48 bits per heavy atom. The number of carbonyl (C=O) groups excluding carboxylic acids is 2. The topological polar surface area (TPSA) is 65.7 Å². The number of benzene rings is 1. The van der Waals surface area contributed by atoms with Crippen LogP contribution in [0, 0.1) is 0 Å². The van der Waals surface area contributed by atoms with Gasteiger partial charge in [-0.1, -0.05) is 0 Å². The van der Waals surface area contributed by atoms with Crippen molar-refractivity contribution in [2.24, 2.45) is 0 Å². The van der Waals surface area contributed by atoms with Crippen molar-refractivity contribution in [3.63, 3.8) is 0 Å². The molecule has 0 N–H and O–H groups in total. The van der Waals surface area contributed by atoms with Crippen molar-refractivity contribution >= 4 is 23.1 Å². The van der Waals surface area contributed by atoms with Gasteiger partial charge in [-0.15, -0.1) is 0 Å². The van der Waals surface area contributed by atoms with Crippen molar-refractivity contribution in [2.75, 3.05) is 7.11 Å². The van der Waals surface area contributed by atoms with Crippen molar-refractivity contribution in [2.45, 2.75) is 31.3 Å². The van der Waals surface area contributed by atoms with Gasteiger partial charge in [0.15, 0.2) is 0 Å². The van der Waals surface area contributed by atoms with E-state index < -0.39 is 17.5 Å². The molecule has 1 aliphatic rings. The first-order chi connectivity index (χ1) is 10.1. The number of rotatable bonds is 4. The van der Waals surface area contributed by atoms with Crippen LogP contribution in [-0.4, -0.2) is 19.0 Å². The third-order valence-corrected chi connectivity index (χ3v) is 3.93. The highest BCUT2D eigenvalue weighted by Crippen LogP contribution is 2.45. The normalized spacial score (nSPS) is 17.6. The molecule has 2 aromatic heterocycles. The number of hydrogen-bond acceptors (Lipinski definition) is 5. The van der Waals surface area contributed by atoms with Crippen molar-refractivity contribution in [1.82, 2.24) is 0 Å². The number of fused-ring (bicyclic) bond motifs is 2. The van der Waals surface area contributed by atoms with Crippen LogP contribution < -0.4 is 0 Å². The molecular weight excluding hydrogens is 272 g/mol. The van der Waals surface area contributed by atoms with Crippen LogP contribution >= 0.6 is 0 Å². The lowest BCUT2D eigenvalue weighted by Gasteiger charge is -2.28. The summed E-state index contributed by atoms with van der Waals surface area (Å²) in [5.74, 6) is -1.12. The second kappa shape index (κ2) is 5.24. The summed E-state index contributed by atoms with van der Waals surface area (Å²) in [6.45, 7) is 0. The minimum absolute atomic E-state index is 0.541. The maximum absolute atomic E-state index is 12.0. The van der Waals surface area contributed by atoms with Gasteiger partial charge in [0.2, 0.25) is 0 Å². The Hall–Kier alpha value is -2.30. The standard InChI is InChI=1S/C16H16O5/c1-19-14(17)6-7-15(18)21-16(8-2-3-9-16)12-10-11-4-5-13(12)20-11/h4-7,10H,2-3,8-9H2,1H3/b7-6-. The van der Waals surface area contributed by atoms with E-state index in [2.05, 4.69) is 4.74 Å². The molecule has 2 bridgehead atoms. The van der Waals surface area contributed by atoms with Crippen molar-refractivity contribution in [3.05, 3.63) is 35.9 Å². The second-order valence-electron chi connectivity index (χ2n) is 5.24. The molecule has 1 saturated carbocycles. The summed E-state index contributed by atoms with van der Waals surface area (Å²) in [7, 11) is 1.26. The van der Waals surface area contributed by atoms with E-state index in [-0.39, 0.29) is 0 Å². The molecule has 5 nitrogen and oxygen atoms in total. The Bertz CT molecular complexity index is 675. The predicted molar refractivity (Wildman–Crippen MR) is 74.8 cm³/mol. The summed E-state index contributed by atoms with van der Waals surface area (Å²) in [5, 5.41) is 0. The van der Waals surface area contributed by atoms with E-state index in [1.807, 2.05) is 18.2 Å². The fourth-order valence-corrected chi connectivity index (χ4v) is 2.95. The number of hydrogen-bond donors (Lipinski definition) is 0. The Kier molecular flexibility index (Phi) is 3.41. The van der Waals surface area contributed by atoms with Gasteiger partial charge in [-0.2, -0.15) is 0 Å². The van der Waals surface area contributed by atoms with E-state index in [1.54, 1.807) is 0 Å². The zero-order valence-corrected chi connectivity index (χ0v) is 11.8. The number of carbonyl (C=O) groups is 2. The lowest BCUT2D eigenvalue weighted by atomic mass is 9.92. The van der Waals surface area contributed by atoms with Crippen molar-refractivity contribution < 1.29 is 23.5 Å². The highest BCUT2D eigenvalue weighted by molar-refractivity contribution is 5.92. The van der Waals surface area contributed by atoms with E-state index in [4.69, 9.17) is 9.15 Å². The lowest BCUT2D eigenvalue weighted by Crippen LogP contribution is -2.28. The molecule has 3 rings (SSSR count). The maximum Gasteiger partial charge on any atom is 0.331 e. The van der Waals surface area contributed by atoms with Crippen LogP contribution in [0.5, 0.6) is 0 Å².